The fourth-order valence-corrected chi connectivity index (χ4v) is 2.59. The molecule has 1 fully saturated rings. The van der Waals surface area contributed by atoms with E-state index in [1.807, 2.05) is 31.2 Å². The van der Waals surface area contributed by atoms with Crippen molar-refractivity contribution in [2.45, 2.75) is 51.0 Å². The first-order chi connectivity index (χ1) is 11.0. The summed E-state index contributed by atoms with van der Waals surface area (Å²) in [4.78, 5) is 16.8. The number of carbonyl (C=O) groups is 1. The molecular formula is C17H23N5O. The Kier molecular flexibility index (Phi) is 4.17. The Balaban J connectivity index is 1.75. The standard InChI is InChI=1S/C17H23N5O/c1-3-9-17(2,18)16(23)19-13-6-4-5-12(10-13)15-20-14(21-22-15)11-7-8-11/h4-6,10-11H,3,7-9,18H2,1-2H3,(H,19,23)(H,20,21,22). The minimum Gasteiger partial charge on any atom is -0.324 e. The number of H-pyrrole nitrogens is 1. The molecule has 0 radical (unpaired) electrons. The monoisotopic (exact) mass is 313 g/mol. The molecule has 0 bridgehead atoms. The van der Waals surface area contributed by atoms with Gasteiger partial charge in [-0.3, -0.25) is 9.89 Å². The lowest BCUT2D eigenvalue weighted by molar-refractivity contribution is -0.120. The second-order valence-electron chi connectivity index (χ2n) is 6.52. The van der Waals surface area contributed by atoms with E-state index in [2.05, 4.69) is 20.5 Å². The molecule has 3 rings (SSSR count). The van der Waals surface area contributed by atoms with Crippen LogP contribution in [0.2, 0.25) is 0 Å². The van der Waals surface area contributed by atoms with Crippen LogP contribution in [0.4, 0.5) is 5.69 Å². The number of rotatable bonds is 6. The smallest absolute Gasteiger partial charge is 0.244 e. The summed E-state index contributed by atoms with van der Waals surface area (Å²) < 4.78 is 0. The van der Waals surface area contributed by atoms with Gasteiger partial charge in [-0.15, -0.1) is 0 Å². The summed E-state index contributed by atoms with van der Waals surface area (Å²) in [5.74, 6) is 1.97. The number of carbonyl (C=O) groups excluding carboxylic acids is 1. The Morgan fingerprint density at radius 1 is 1.48 bits per heavy atom. The minimum absolute atomic E-state index is 0.176. The van der Waals surface area contributed by atoms with Crippen LogP contribution in [0.5, 0.6) is 0 Å². The zero-order valence-corrected chi connectivity index (χ0v) is 13.6. The van der Waals surface area contributed by atoms with E-state index in [9.17, 15) is 4.79 Å². The number of nitrogens with zero attached hydrogens (tertiary/aromatic N) is 2. The van der Waals surface area contributed by atoms with Gasteiger partial charge in [0.1, 0.15) is 5.82 Å². The molecule has 4 N–H and O–H groups in total. The molecule has 122 valence electrons. The van der Waals surface area contributed by atoms with Crippen LogP contribution < -0.4 is 11.1 Å². The molecule has 1 aliphatic carbocycles. The average molecular weight is 313 g/mol. The van der Waals surface area contributed by atoms with Crippen LogP contribution >= 0.6 is 0 Å². The van der Waals surface area contributed by atoms with Crippen molar-refractivity contribution in [3.05, 3.63) is 30.1 Å². The van der Waals surface area contributed by atoms with Crippen LogP contribution in [-0.4, -0.2) is 26.6 Å². The van der Waals surface area contributed by atoms with Gasteiger partial charge < -0.3 is 11.1 Å². The summed E-state index contributed by atoms with van der Waals surface area (Å²) in [5, 5.41) is 10.2. The van der Waals surface area contributed by atoms with Crippen LogP contribution in [0.1, 0.15) is 51.3 Å². The van der Waals surface area contributed by atoms with Gasteiger partial charge in [-0.2, -0.15) is 5.10 Å². The highest BCUT2D eigenvalue weighted by Crippen LogP contribution is 2.38. The highest BCUT2D eigenvalue weighted by molar-refractivity contribution is 5.98. The molecule has 1 heterocycles. The zero-order valence-electron chi connectivity index (χ0n) is 13.6. The van der Waals surface area contributed by atoms with E-state index in [-0.39, 0.29) is 5.91 Å². The fourth-order valence-electron chi connectivity index (χ4n) is 2.59. The van der Waals surface area contributed by atoms with Crippen LogP contribution in [0, 0.1) is 0 Å². The quantitative estimate of drug-likeness (QED) is 0.764. The van der Waals surface area contributed by atoms with E-state index in [1.54, 1.807) is 6.92 Å². The first kappa shape index (κ1) is 15.7. The van der Waals surface area contributed by atoms with Crippen molar-refractivity contribution in [3.63, 3.8) is 0 Å². The second-order valence-corrected chi connectivity index (χ2v) is 6.52. The summed E-state index contributed by atoms with van der Waals surface area (Å²) in [5.41, 5.74) is 6.78. The molecule has 0 spiro atoms. The summed E-state index contributed by atoms with van der Waals surface area (Å²) in [6.07, 6.45) is 3.86. The Hall–Kier alpha value is -2.21. The fraction of sp³-hybridized carbons (Fsp3) is 0.471. The molecule has 1 saturated carbocycles. The zero-order chi connectivity index (χ0) is 16.4. The number of anilines is 1. The third-order valence-corrected chi connectivity index (χ3v) is 4.13. The molecule has 0 aliphatic heterocycles. The number of benzene rings is 1. The number of amides is 1. The number of nitrogens with one attached hydrogen (secondary N) is 2. The third kappa shape index (κ3) is 3.59. The highest BCUT2D eigenvalue weighted by Gasteiger charge is 2.28. The Morgan fingerprint density at radius 2 is 2.26 bits per heavy atom. The number of aromatic amines is 1. The van der Waals surface area contributed by atoms with Crippen molar-refractivity contribution in [2.75, 3.05) is 5.32 Å². The van der Waals surface area contributed by atoms with Gasteiger partial charge in [0.15, 0.2) is 5.82 Å². The summed E-state index contributed by atoms with van der Waals surface area (Å²) in [7, 11) is 0. The van der Waals surface area contributed by atoms with Gasteiger partial charge >= 0.3 is 0 Å². The molecule has 23 heavy (non-hydrogen) atoms. The molecule has 6 nitrogen and oxygen atoms in total. The van der Waals surface area contributed by atoms with Gasteiger partial charge in [-0.1, -0.05) is 25.5 Å². The van der Waals surface area contributed by atoms with Gasteiger partial charge in [-0.25, -0.2) is 4.98 Å². The van der Waals surface area contributed by atoms with Crippen LogP contribution in [-0.2, 0) is 4.79 Å². The van der Waals surface area contributed by atoms with Crippen molar-refractivity contribution < 1.29 is 4.79 Å². The number of aromatic nitrogens is 3. The number of hydrogen-bond donors (Lipinski definition) is 3. The first-order valence-corrected chi connectivity index (χ1v) is 8.12. The topological polar surface area (TPSA) is 96.7 Å². The molecule has 1 atom stereocenters. The molecule has 1 amide bonds. The largest absolute Gasteiger partial charge is 0.324 e. The van der Waals surface area contributed by atoms with Crippen LogP contribution in [0.3, 0.4) is 0 Å². The molecule has 0 saturated heterocycles. The van der Waals surface area contributed by atoms with Gasteiger partial charge in [0.2, 0.25) is 5.91 Å². The lowest BCUT2D eigenvalue weighted by atomic mass is 9.96. The summed E-state index contributed by atoms with van der Waals surface area (Å²) in [6.45, 7) is 3.77. The predicted octanol–water partition coefficient (Wildman–Crippen LogP) is 2.81. The van der Waals surface area contributed by atoms with Gasteiger partial charge in [0, 0.05) is 17.2 Å². The van der Waals surface area contributed by atoms with Crippen molar-refractivity contribution in [1.82, 2.24) is 15.2 Å². The molecular weight excluding hydrogens is 290 g/mol. The predicted molar refractivity (Wildman–Crippen MR) is 89.9 cm³/mol. The molecule has 1 unspecified atom stereocenters. The molecule has 2 aromatic rings. The van der Waals surface area contributed by atoms with Gasteiger partial charge in [-0.05, 0) is 38.3 Å². The Bertz CT molecular complexity index is 703. The number of nitrogens with two attached hydrogens (primary N) is 1. The van der Waals surface area contributed by atoms with Crippen molar-refractivity contribution >= 4 is 11.6 Å². The maximum atomic E-state index is 12.3. The third-order valence-electron chi connectivity index (χ3n) is 4.13. The Labute approximate surface area is 135 Å². The molecule has 1 aromatic carbocycles. The lowest BCUT2D eigenvalue weighted by Gasteiger charge is -2.22. The summed E-state index contributed by atoms with van der Waals surface area (Å²) >= 11 is 0. The van der Waals surface area contributed by atoms with E-state index in [0.717, 1.165) is 17.8 Å². The minimum atomic E-state index is -0.867. The molecule has 1 aromatic heterocycles. The number of hydrogen-bond acceptors (Lipinski definition) is 4. The average Bonchev–Trinajstić information content (AvgIpc) is 3.25. The van der Waals surface area contributed by atoms with E-state index in [1.165, 1.54) is 12.8 Å². The molecule has 1 aliphatic rings. The van der Waals surface area contributed by atoms with Crippen LogP contribution in [0.15, 0.2) is 24.3 Å². The first-order valence-electron chi connectivity index (χ1n) is 8.12. The second kappa shape index (κ2) is 6.12. The SMILES string of the molecule is CCCC(C)(N)C(=O)Nc1cccc(-c2n[nH]c(C3CC3)n2)c1. The normalized spacial score (nSPS) is 16.8. The van der Waals surface area contributed by atoms with Crippen LogP contribution in [0.25, 0.3) is 11.4 Å². The maximum Gasteiger partial charge on any atom is 0.244 e. The van der Waals surface area contributed by atoms with E-state index in [0.29, 0.717) is 23.9 Å². The van der Waals surface area contributed by atoms with Gasteiger partial charge in [0.25, 0.3) is 0 Å². The van der Waals surface area contributed by atoms with E-state index < -0.39 is 5.54 Å². The van der Waals surface area contributed by atoms with Crippen molar-refractivity contribution in [2.24, 2.45) is 5.73 Å². The molecule has 6 heteroatoms. The van der Waals surface area contributed by atoms with Crippen molar-refractivity contribution in [3.8, 4) is 11.4 Å². The van der Waals surface area contributed by atoms with Crippen molar-refractivity contribution in [1.29, 1.82) is 0 Å². The maximum absolute atomic E-state index is 12.3. The highest BCUT2D eigenvalue weighted by atomic mass is 16.2. The summed E-state index contributed by atoms with van der Waals surface area (Å²) in [6, 6.07) is 7.53. The van der Waals surface area contributed by atoms with E-state index in [4.69, 9.17) is 5.73 Å². The van der Waals surface area contributed by atoms with Gasteiger partial charge in [0.05, 0.1) is 5.54 Å². The lowest BCUT2D eigenvalue weighted by Crippen LogP contribution is -2.48. The Morgan fingerprint density at radius 3 is 2.96 bits per heavy atom. The van der Waals surface area contributed by atoms with E-state index >= 15 is 0 Å².